The topological polar surface area (TPSA) is 35.5 Å². The number of carbonyl (C=O) groups is 1. The van der Waals surface area contributed by atoms with Crippen LogP contribution >= 0.6 is 0 Å². The first-order valence-electron chi connectivity index (χ1n) is 6.21. The van der Waals surface area contributed by atoms with E-state index in [2.05, 4.69) is 0 Å². The molecular weight excluding hydrogens is 240 g/mol. The van der Waals surface area contributed by atoms with Crippen LogP contribution in [-0.2, 0) is 4.89 Å². The highest BCUT2D eigenvalue weighted by Gasteiger charge is 2.15. The molecule has 0 heterocycles. The highest BCUT2D eigenvalue weighted by Crippen LogP contribution is 2.20. The average molecular weight is 256 g/mol. The Morgan fingerprint density at radius 2 is 1.58 bits per heavy atom. The molecule has 0 aliphatic rings. The van der Waals surface area contributed by atoms with E-state index in [1.165, 1.54) is 0 Å². The monoisotopic (exact) mass is 256 g/mol. The van der Waals surface area contributed by atoms with E-state index in [-0.39, 0.29) is 5.92 Å². The fourth-order valence-corrected chi connectivity index (χ4v) is 1.79. The predicted molar refractivity (Wildman–Crippen MR) is 73.0 cm³/mol. The summed E-state index contributed by atoms with van der Waals surface area (Å²) in [5.41, 5.74) is 1.48. The van der Waals surface area contributed by atoms with Gasteiger partial charge in [-0.25, -0.2) is 9.68 Å². The summed E-state index contributed by atoms with van der Waals surface area (Å²) < 4.78 is 0. The van der Waals surface area contributed by atoms with Gasteiger partial charge in [0, 0.05) is 0 Å². The third-order valence-corrected chi connectivity index (χ3v) is 2.76. The van der Waals surface area contributed by atoms with Crippen LogP contribution in [0, 0.1) is 0 Å². The molecule has 3 heteroatoms. The first kappa shape index (κ1) is 13.1. The first-order chi connectivity index (χ1) is 9.18. The highest BCUT2D eigenvalue weighted by atomic mass is 17.2. The number of carbonyl (C=O) groups excluding carboxylic acids is 1. The normalized spacial score (nSPS) is 10.3. The summed E-state index contributed by atoms with van der Waals surface area (Å²) >= 11 is 0. The maximum Gasteiger partial charge on any atom is 0.386 e. The molecule has 0 aliphatic heterocycles. The van der Waals surface area contributed by atoms with Crippen molar-refractivity contribution in [2.24, 2.45) is 0 Å². The molecule has 2 rings (SSSR count). The summed E-state index contributed by atoms with van der Waals surface area (Å²) in [6, 6.07) is 16.3. The van der Waals surface area contributed by atoms with Crippen molar-refractivity contribution >= 4 is 5.97 Å². The van der Waals surface area contributed by atoms with Crippen molar-refractivity contribution in [3.8, 4) is 5.75 Å². The molecule has 0 atom stereocenters. The van der Waals surface area contributed by atoms with Gasteiger partial charge in [0.05, 0.1) is 5.56 Å². The molecule has 0 aromatic heterocycles. The van der Waals surface area contributed by atoms with Gasteiger partial charge in [-0.2, -0.15) is 0 Å². The fourth-order valence-electron chi connectivity index (χ4n) is 1.79. The lowest BCUT2D eigenvalue weighted by atomic mass is 9.97. The van der Waals surface area contributed by atoms with Gasteiger partial charge in [-0.15, -0.1) is 0 Å². The Bertz CT molecular complexity index is 547. The van der Waals surface area contributed by atoms with Gasteiger partial charge in [-0.05, 0) is 29.7 Å². The molecule has 0 aliphatic carbocycles. The molecule has 0 spiro atoms. The zero-order valence-electron chi connectivity index (χ0n) is 11.0. The van der Waals surface area contributed by atoms with Gasteiger partial charge >= 0.3 is 5.97 Å². The second-order valence-corrected chi connectivity index (χ2v) is 4.51. The Hall–Kier alpha value is -2.29. The molecule has 3 nitrogen and oxygen atoms in total. The lowest BCUT2D eigenvalue weighted by Crippen LogP contribution is -2.11. The van der Waals surface area contributed by atoms with E-state index in [9.17, 15) is 4.79 Å². The van der Waals surface area contributed by atoms with Crippen LogP contribution in [0.4, 0.5) is 0 Å². The van der Waals surface area contributed by atoms with E-state index in [0.29, 0.717) is 11.3 Å². The lowest BCUT2D eigenvalue weighted by molar-refractivity contribution is -0.149. The fraction of sp³-hybridized carbons (Fsp3) is 0.188. The van der Waals surface area contributed by atoms with Crippen molar-refractivity contribution in [2.45, 2.75) is 19.8 Å². The van der Waals surface area contributed by atoms with E-state index < -0.39 is 5.97 Å². The molecule has 0 unspecified atom stereocenters. The van der Waals surface area contributed by atoms with Crippen molar-refractivity contribution in [2.75, 3.05) is 0 Å². The van der Waals surface area contributed by atoms with E-state index in [4.69, 9.17) is 9.78 Å². The van der Waals surface area contributed by atoms with Crippen LogP contribution in [0.1, 0.15) is 35.7 Å². The number of rotatable bonds is 4. The van der Waals surface area contributed by atoms with Gasteiger partial charge in [-0.1, -0.05) is 50.2 Å². The van der Waals surface area contributed by atoms with Gasteiger partial charge in [0.25, 0.3) is 0 Å². The molecule has 0 bridgehead atoms. The van der Waals surface area contributed by atoms with Gasteiger partial charge in [0.1, 0.15) is 0 Å². The molecule has 0 saturated carbocycles. The van der Waals surface area contributed by atoms with E-state index in [0.717, 1.165) is 5.56 Å². The van der Waals surface area contributed by atoms with Crippen LogP contribution in [0.5, 0.6) is 5.75 Å². The van der Waals surface area contributed by atoms with Gasteiger partial charge in [0.2, 0.25) is 0 Å². The molecule has 2 aromatic rings. The SMILES string of the molecule is CC(C)c1ccccc1C(=O)OOc1ccccc1. The molecule has 0 radical (unpaired) electrons. The summed E-state index contributed by atoms with van der Waals surface area (Å²) in [5.74, 6) is 0.270. The molecule has 2 aromatic carbocycles. The highest BCUT2D eigenvalue weighted by molar-refractivity contribution is 5.90. The molecule has 19 heavy (non-hydrogen) atoms. The van der Waals surface area contributed by atoms with Gasteiger partial charge in [0.15, 0.2) is 5.75 Å². The Morgan fingerprint density at radius 3 is 2.26 bits per heavy atom. The molecule has 0 amide bonds. The van der Waals surface area contributed by atoms with Gasteiger partial charge < -0.3 is 0 Å². The van der Waals surface area contributed by atoms with Gasteiger partial charge in [-0.3, -0.25) is 4.89 Å². The third-order valence-electron chi connectivity index (χ3n) is 2.76. The van der Waals surface area contributed by atoms with Crippen LogP contribution < -0.4 is 4.89 Å². The first-order valence-corrected chi connectivity index (χ1v) is 6.21. The van der Waals surface area contributed by atoms with Crippen molar-refractivity contribution in [1.82, 2.24) is 0 Å². The minimum Gasteiger partial charge on any atom is -0.287 e. The summed E-state index contributed by atoms with van der Waals surface area (Å²) in [6.07, 6.45) is 0. The lowest BCUT2D eigenvalue weighted by Gasteiger charge is -2.11. The third kappa shape index (κ3) is 3.35. The van der Waals surface area contributed by atoms with Crippen LogP contribution in [0.25, 0.3) is 0 Å². The summed E-state index contributed by atoms with van der Waals surface area (Å²) in [5, 5.41) is 0. The minimum atomic E-state index is -0.479. The Labute approximate surface area is 112 Å². The number of hydrogen-bond donors (Lipinski definition) is 0. The quantitative estimate of drug-likeness (QED) is 0.613. The number of hydrogen-bond acceptors (Lipinski definition) is 3. The maximum atomic E-state index is 12.0. The number of para-hydroxylation sites is 1. The van der Waals surface area contributed by atoms with E-state index in [1.807, 2.05) is 50.2 Å². The second kappa shape index (κ2) is 6.05. The standard InChI is InChI=1S/C16H16O3/c1-12(2)14-10-6-7-11-15(14)16(17)19-18-13-8-4-3-5-9-13/h3-12H,1-2H3. The molecule has 0 saturated heterocycles. The second-order valence-electron chi connectivity index (χ2n) is 4.51. The molecule has 0 N–H and O–H groups in total. The maximum absolute atomic E-state index is 12.0. The van der Waals surface area contributed by atoms with Crippen molar-refractivity contribution in [1.29, 1.82) is 0 Å². The van der Waals surface area contributed by atoms with Crippen LogP contribution in [0.15, 0.2) is 54.6 Å². The minimum absolute atomic E-state index is 0.250. The summed E-state index contributed by atoms with van der Waals surface area (Å²) in [7, 11) is 0. The summed E-state index contributed by atoms with van der Waals surface area (Å²) in [6.45, 7) is 4.06. The van der Waals surface area contributed by atoms with E-state index >= 15 is 0 Å². The molecular formula is C16H16O3. The van der Waals surface area contributed by atoms with E-state index in [1.54, 1.807) is 18.2 Å². The molecule has 98 valence electrons. The average Bonchev–Trinajstić information content (AvgIpc) is 2.46. The zero-order chi connectivity index (χ0) is 13.7. The summed E-state index contributed by atoms with van der Waals surface area (Å²) in [4.78, 5) is 21.9. The number of benzene rings is 2. The Morgan fingerprint density at radius 1 is 0.947 bits per heavy atom. The zero-order valence-corrected chi connectivity index (χ0v) is 11.0. The Balaban J connectivity index is 2.08. The smallest absolute Gasteiger partial charge is 0.287 e. The predicted octanol–water partition coefficient (Wildman–Crippen LogP) is 3.96. The Kier molecular flexibility index (Phi) is 4.18. The van der Waals surface area contributed by atoms with Crippen LogP contribution in [-0.4, -0.2) is 5.97 Å². The van der Waals surface area contributed by atoms with Crippen molar-refractivity contribution < 1.29 is 14.6 Å². The van der Waals surface area contributed by atoms with Crippen molar-refractivity contribution in [3.05, 3.63) is 65.7 Å². The largest absolute Gasteiger partial charge is 0.386 e. The van der Waals surface area contributed by atoms with Crippen LogP contribution in [0.3, 0.4) is 0 Å². The molecule has 0 fully saturated rings. The van der Waals surface area contributed by atoms with Crippen molar-refractivity contribution in [3.63, 3.8) is 0 Å². The van der Waals surface area contributed by atoms with Crippen LogP contribution in [0.2, 0.25) is 0 Å².